The first kappa shape index (κ1) is 15.6. The lowest BCUT2D eigenvalue weighted by molar-refractivity contribution is -0.170. The molecule has 6 nitrogen and oxygen atoms in total. The third-order valence-electron chi connectivity index (χ3n) is 2.46. The fourth-order valence-corrected chi connectivity index (χ4v) is 1.42. The fraction of sp³-hybridized carbons (Fsp3) is 0.231. The number of hydrogen-bond acceptors (Lipinski definition) is 4. The third-order valence-corrected chi connectivity index (χ3v) is 2.46. The first-order valence-electron chi connectivity index (χ1n) is 5.68. The van der Waals surface area contributed by atoms with Crippen LogP contribution < -0.4 is 0 Å². The summed E-state index contributed by atoms with van der Waals surface area (Å²) in [5.41, 5.74) is 0.785. The van der Waals surface area contributed by atoms with Crippen molar-refractivity contribution in [2.45, 2.75) is 6.42 Å². The number of aliphatic hydroxyl groups excluding tert-OH is 1. The summed E-state index contributed by atoms with van der Waals surface area (Å²) in [5.74, 6) is -3.83. The summed E-state index contributed by atoms with van der Waals surface area (Å²) >= 11 is 0. The molecule has 2 N–H and O–H groups in total. The van der Waals surface area contributed by atoms with Crippen LogP contribution in [0.4, 0.5) is 4.39 Å². The van der Waals surface area contributed by atoms with E-state index in [2.05, 4.69) is 0 Å². The van der Waals surface area contributed by atoms with E-state index in [1.807, 2.05) is 0 Å². The van der Waals surface area contributed by atoms with Gasteiger partial charge in [0.05, 0.1) is 19.7 Å². The highest BCUT2D eigenvalue weighted by atomic mass is 19.1. The van der Waals surface area contributed by atoms with Crippen LogP contribution in [0.1, 0.15) is 5.56 Å². The van der Waals surface area contributed by atoms with Crippen LogP contribution in [-0.4, -0.2) is 40.8 Å². The molecule has 0 saturated carbocycles. The Morgan fingerprint density at radius 3 is 2.40 bits per heavy atom. The molecule has 1 rings (SSSR count). The van der Waals surface area contributed by atoms with Crippen molar-refractivity contribution in [2.75, 3.05) is 13.7 Å². The topological polar surface area (TPSA) is 87.1 Å². The second-order valence-electron chi connectivity index (χ2n) is 3.83. The van der Waals surface area contributed by atoms with E-state index < -0.39 is 17.6 Å². The molecule has 0 aliphatic carbocycles. The van der Waals surface area contributed by atoms with Gasteiger partial charge in [-0.1, -0.05) is 12.1 Å². The second kappa shape index (κ2) is 7.25. The molecule has 0 fully saturated rings. The molecule has 0 heterocycles. The number of aliphatic hydroxyl groups is 1. The SMILES string of the molecule is CON(CCc1ccc(F)cc1)C(=O)/C=C(\O)C(=O)O. The van der Waals surface area contributed by atoms with Gasteiger partial charge in [0, 0.05) is 0 Å². The summed E-state index contributed by atoms with van der Waals surface area (Å²) in [5, 5.41) is 18.3. The molecule has 0 spiro atoms. The third kappa shape index (κ3) is 4.69. The monoisotopic (exact) mass is 283 g/mol. The molecule has 1 aromatic carbocycles. The predicted octanol–water partition coefficient (Wildman–Crippen LogP) is 1.28. The van der Waals surface area contributed by atoms with Crippen molar-refractivity contribution in [3.63, 3.8) is 0 Å². The Bertz CT molecular complexity index is 512. The molecule has 108 valence electrons. The number of rotatable bonds is 6. The molecule has 1 aromatic rings. The summed E-state index contributed by atoms with van der Waals surface area (Å²) in [7, 11) is 1.24. The van der Waals surface area contributed by atoms with Gasteiger partial charge in [0.1, 0.15) is 5.82 Å². The number of benzene rings is 1. The normalized spacial score (nSPS) is 11.2. The lowest BCUT2D eigenvalue weighted by Gasteiger charge is -2.17. The molecule has 0 atom stereocenters. The molecule has 0 radical (unpaired) electrons. The minimum absolute atomic E-state index is 0.129. The van der Waals surface area contributed by atoms with Crippen molar-refractivity contribution < 1.29 is 29.0 Å². The van der Waals surface area contributed by atoms with Gasteiger partial charge in [-0.05, 0) is 24.1 Å². The van der Waals surface area contributed by atoms with E-state index in [0.717, 1.165) is 10.6 Å². The highest BCUT2D eigenvalue weighted by Gasteiger charge is 2.14. The highest BCUT2D eigenvalue weighted by molar-refractivity contribution is 5.95. The van der Waals surface area contributed by atoms with E-state index in [0.29, 0.717) is 12.5 Å². The maximum absolute atomic E-state index is 12.7. The second-order valence-corrected chi connectivity index (χ2v) is 3.83. The van der Waals surface area contributed by atoms with Crippen LogP contribution in [0.2, 0.25) is 0 Å². The zero-order valence-electron chi connectivity index (χ0n) is 10.7. The molecule has 0 bridgehead atoms. The highest BCUT2D eigenvalue weighted by Crippen LogP contribution is 2.05. The Labute approximate surface area is 114 Å². The van der Waals surface area contributed by atoms with Gasteiger partial charge in [0.25, 0.3) is 5.91 Å². The average Bonchev–Trinajstić information content (AvgIpc) is 2.41. The number of nitrogens with zero attached hydrogens (tertiary/aromatic N) is 1. The zero-order chi connectivity index (χ0) is 15.1. The number of aliphatic carboxylic acids is 1. The number of carboxylic acid groups (broad SMARTS) is 1. The number of hydroxylamine groups is 2. The van der Waals surface area contributed by atoms with Crippen LogP contribution in [0.15, 0.2) is 36.1 Å². The van der Waals surface area contributed by atoms with Gasteiger partial charge >= 0.3 is 5.97 Å². The number of halogens is 1. The van der Waals surface area contributed by atoms with Crippen LogP contribution in [0, 0.1) is 5.82 Å². The summed E-state index contributed by atoms with van der Waals surface area (Å²) in [6.45, 7) is 0.129. The fourth-order valence-electron chi connectivity index (χ4n) is 1.42. The lowest BCUT2D eigenvalue weighted by Crippen LogP contribution is -2.31. The zero-order valence-corrected chi connectivity index (χ0v) is 10.7. The molecule has 0 aliphatic heterocycles. The number of amides is 1. The predicted molar refractivity (Wildman–Crippen MR) is 67.2 cm³/mol. The van der Waals surface area contributed by atoms with Crippen LogP contribution in [0.5, 0.6) is 0 Å². The van der Waals surface area contributed by atoms with Crippen molar-refractivity contribution in [1.29, 1.82) is 0 Å². The van der Waals surface area contributed by atoms with Crippen LogP contribution in [-0.2, 0) is 20.8 Å². The molecule has 0 aliphatic rings. The Kier molecular flexibility index (Phi) is 5.67. The van der Waals surface area contributed by atoms with Gasteiger partial charge in [0.2, 0.25) is 5.76 Å². The summed E-state index contributed by atoms with van der Waals surface area (Å²) < 4.78 is 12.7. The maximum Gasteiger partial charge on any atom is 0.371 e. The number of carboxylic acids is 1. The van der Waals surface area contributed by atoms with E-state index in [9.17, 15) is 14.0 Å². The van der Waals surface area contributed by atoms with Gasteiger partial charge in [-0.25, -0.2) is 14.2 Å². The van der Waals surface area contributed by atoms with Crippen molar-refractivity contribution >= 4 is 11.9 Å². The molecule has 7 heteroatoms. The van der Waals surface area contributed by atoms with E-state index in [-0.39, 0.29) is 12.4 Å². The largest absolute Gasteiger partial charge is 0.502 e. The van der Waals surface area contributed by atoms with E-state index in [1.54, 1.807) is 12.1 Å². The standard InChI is InChI=1S/C13H14FNO5/c1-20-15(12(17)8-11(16)13(18)19)7-6-9-2-4-10(14)5-3-9/h2-5,8,16H,6-7H2,1H3,(H,18,19)/b11-8-. The smallest absolute Gasteiger partial charge is 0.371 e. The maximum atomic E-state index is 12.7. The Hall–Kier alpha value is -2.41. The Balaban J connectivity index is 2.63. The summed E-state index contributed by atoms with van der Waals surface area (Å²) in [4.78, 5) is 26.8. The van der Waals surface area contributed by atoms with Crippen LogP contribution in [0.25, 0.3) is 0 Å². The molecular weight excluding hydrogens is 269 g/mol. The Morgan fingerprint density at radius 1 is 1.30 bits per heavy atom. The number of carbonyl (C=O) groups excluding carboxylic acids is 1. The lowest BCUT2D eigenvalue weighted by atomic mass is 10.1. The van der Waals surface area contributed by atoms with Gasteiger partial charge in [-0.2, -0.15) is 0 Å². The van der Waals surface area contributed by atoms with Crippen LogP contribution in [0.3, 0.4) is 0 Å². The summed E-state index contributed by atoms with van der Waals surface area (Å²) in [6.07, 6.45) is 0.942. The van der Waals surface area contributed by atoms with Gasteiger partial charge < -0.3 is 10.2 Å². The molecule has 0 aromatic heterocycles. The van der Waals surface area contributed by atoms with Gasteiger partial charge in [-0.3, -0.25) is 9.63 Å². The van der Waals surface area contributed by atoms with Crippen molar-refractivity contribution in [3.8, 4) is 0 Å². The van der Waals surface area contributed by atoms with Gasteiger partial charge in [-0.15, -0.1) is 0 Å². The number of hydrogen-bond donors (Lipinski definition) is 2. The molecule has 20 heavy (non-hydrogen) atoms. The summed E-state index contributed by atoms with van der Waals surface area (Å²) in [6, 6.07) is 5.73. The Morgan fingerprint density at radius 2 is 1.90 bits per heavy atom. The van der Waals surface area contributed by atoms with Crippen molar-refractivity contribution in [2.24, 2.45) is 0 Å². The van der Waals surface area contributed by atoms with Crippen LogP contribution >= 0.6 is 0 Å². The number of carbonyl (C=O) groups is 2. The van der Waals surface area contributed by atoms with Gasteiger partial charge in [0.15, 0.2) is 0 Å². The molecule has 1 amide bonds. The molecule has 0 saturated heterocycles. The first-order valence-corrected chi connectivity index (χ1v) is 5.68. The van der Waals surface area contributed by atoms with E-state index >= 15 is 0 Å². The van der Waals surface area contributed by atoms with E-state index in [1.165, 1.54) is 19.2 Å². The minimum Gasteiger partial charge on any atom is -0.502 e. The average molecular weight is 283 g/mol. The van der Waals surface area contributed by atoms with Crippen molar-refractivity contribution in [3.05, 3.63) is 47.5 Å². The minimum atomic E-state index is -1.60. The quantitative estimate of drug-likeness (QED) is 0.466. The van der Waals surface area contributed by atoms with Crippen molar-refractivity contribution in [1.82, 2.24) is 5.06 Å². The molecular formula is C13H14FNO5. The van der Waals surface area contributed by atoms with E-state index in [4.69, 9.17) is 15.1 Å². The molecule has 0 unspecified atom stereocenters. The first-order chi connectivity index (χ1) is 9.43.